The molecule has 2 aromatic rings. The van der Waals surface area contributed by atoms with Crippen molar-refractivity contribution in [1.82, 2.24) is 0 Å². The summed E-state index contributed by atoms with van der Waals surface area (Å²) in [6.07, 6.45) is -4.82. The molecule has 0 N–H and O–H groups in total. The van der Waals surface area contributed by atoms with Crippen LogP contribution in [0.25, 0.3) is 0 Å². The average molecular weight is 477 g/mol. The summed E-state index contributed by atoms with van der Waals surface area (Å²) in [5.41, 5.74) is -3.26. The molecule has 33 heavy (non-hydrogen) atoms. The Morgan fingerprint density at radius 2 is 1.73 bits per heavy atom. The molecule has 10 heteroatoms. The fraction of sp³-hybridized carbons (Fsp3) is 0.304. The number of nitrogens with zero attached hydrogens (tertiary/aromatic N) is 3. The molecule has 5 nitrogen and oxygen atoms in total. The summed E-state index contributed by atoms with van der Waals surface area (Å²) in [4.78, 5) is 27.6. The SMILES string of the molecule is CC(C)C(=O)c1ccc(N2C(=S)N(c3ccc(C#N)c(C(F)(F)F)c3)C(=O)C2(C)C)cc1F. The van der Waals surface area contributed by atoms with Crippen LogP contribution in [0.1, 0.15) is 49.2 Å². The highest BCUT2D eigenvalue weighted by Gasteiger charge is 2.51. The molecule has 1 saturated heterocycles. The zero-order chi connectivity index (χ0) is 24.9. The minimum Gasteiger partial charge on any atom is -0.303 e. The minimum absolute atomic E-state index is 0.109. The van der Waals surface area contributed by atoms with E-state index in [0.717, 1.165) is 17.0 Å². The third kappa shape index (κ3) is 4.09. The van der Waals surface area contributed by atoms with Gasteiger partial charge in [0.25, 0.3) is 5.91 Å². The van der Waals surface area contributed by atoms with Crippen molar-refractivity contribution in [3.8, 4) is 6.07 Å². The third-order valence-electron chi connectivity index (χ3n) is 5.36. The quantitative estimate of drug-likeness (QED) is 0.332. The molecule has 0 spiro atoms. The Bertz CT molecular complexity index is 1220. The van der Waals surface area contributed by atoms with E-state index in [-0.39, 0.29) is 22.1 Å². The number of carbonyl (C=O) groups is 2. The molecule has 1 fully saturated rings. The monoisotopic (exact) mass is 477 g/mol. The first-order valence-electron chi connectivity index (χ1n) is 9.85. The second kappa shape index (κ2) is 8.23. The first kappa shape index (κ1) is 24.3. The van der Waals surface area contributed by atoms with Crippen molar-refractivity contribution in [2.75, 3.05) is 9.80 Å². The molecule has 0 bridgehead atoms. The molecule has 1 heterocycles. The summed E-state index contributed by atoms with van der Waals surface area (Å²) in [6, 6.07) is 8.14. The Balaban J connectivity index is 2.09. The Morgan fingerprint density at radius 1 is 1.12 bits per heavy atom. The van der Waals surface area contributed by atoms with Gasteiger partial charge in [0.15, 0.2) is 10.9 Å². The molecule has 0 radical (unpaired) electrons. The number of anilines is 2. The first-order chi connectivity index (χ1) is 15.2. The van der Waals surface area contributed by atoms with E-state index in [1.54, 1.807) is 13.8 Å². The number of amides is 1. The van der Waals surface area contributed by atoms with Crippen LogP contribution in [0.3, 0.4) is 0 Å². The summed E-state index contributed by atoms with van der Waals surface area (Å²) in [5, 5.41) is 8.85. The number of Topliss-reactive ketones (excluding diaryl/α,β-unsaturated/α-hetero) is 1. The van der Waals surface area contributed by atoms with Crippen LogP contribution in [-0.4, -0.2) is 22.3 Å². The van der Waals surface area contributed by atoms with Crippen LogP contribution in [-0.2, 0) is 11.0 Å². The number of thiocarbonyl (C=S) groups is 1. The topological polar surface area (TPSA) is 64.4 Å². The van der Waals surface area contributed by atoms with Gasteiger partial charge in [-0.2, -0.15) is 18.4 Å². The number of hydrogen-bond acceptors (Lipinski definition) is 4. The maximum absolute atomic E-state index is 14.7. The molecule has 3 rings (SSSR count). The fourth-order valence-electron chi connectivity index (χ4n) is 3.61. The summed E-state index contributed by atoms with van der Waals surface area (Å²) in [7, 11) is 0. The number of benzene rings is 2. The molecule has 1 aliphatic heterocycles. The highest BCUT2D eigenvalue weighted by atomic mass is 32.1. The average Bonchev–Trinajstić information content (AvgIpc) is 2.90. The lowest BCUT2D eigenvalue weighted by molar-refractivity contribution is -0.137. The Labute approximate surface area is 193 Å². The molecule has 0 aromatic heterocycles. The molecular weight excluding hydrogens is 458 g/mol. The minimum atomic E-state index is -4.82. The van der Waals surface area contributed by atoms with Crippen LogP contribution in [0, 0.1) is 23.1 Å². The van der Waals surface area contributed by atoms with Crippen molar-refractivity contribution in [2.24, 2.45) is 5.92 Å². The van der Waals surface area contributed by atoms with Gasteiger partial charge in [-0.1, -0.05) is 13.8 Å². The highest BCUT2D eigenvalue weighted by Crippen LogP contribution is 2.40. The lowest BCUT2D eigenvalue weighted by Gasteiger charge is -2.29. The van der Waals surface area contributed by atoms with Gasteiger partial charge in [0, 0.05) is 11.6 Å². The number of ketones is 1. The van der Waals surface area contributed by atoms with E-state index < -0.39 is 46.3 Å². The van der Waals surface area contributed by atoms with E-state index in [2.05, 4.69) is 0 Å². The van der Waals surface area contributed by atoms with Crippen molar-refractivity contribution in [3.05, 3.63) is 58.9 Å². The Morgan fingerprint density at radius 3 is 2.24 bits per heavy atom. The first-order valence-corrected chi connectivity index (χ1v) is 10.3. The molecule has 172 valence electrons. The van der Waals surface area contributed by atoms with Crippen LogP contribution in [0.4, 0.5) is 28.9 Å². The summed E-state index contributed by atoms with van der Waals surface area (Å²) in [6.45, 7) is 6.28. The molecule has 0 saturated carbocycles. The predicted molar refractivity (Wildman–Crippen MR) is 118 cm³/mol. The standard InChI is InChI=1S/C23H19F4N3O2S/c1-12(2)19(31)16-8-7-15(10-18(16)24)30-21(33)29(20(32)22(30,3)4)14-6-5-13(11-28)17(9-14)23(25,26)27/h5-10,12H,1-4H3. The zero-order valence-electron chi connectivity index (χ0n) is 18.1. The maximum Gasteiger partial charge on any atom is 0.417 e. The molecule has 0 aliphatic carbocycles. The van der Waals surface area contributed by atoms with Gasteiger partial charge in [0.05, 0.1) is 28.4 Å². The summed E-state index contributed by atoms with van der Waals surface area (Å²) < 4.78 is 55.0. The molecule has 1 amide bonds. The predicted octanol–water partition coefficient (Wildman–Crippen LogP) is 5.47. The van der Waals surface area contributed by atoms with Crippen molar-refractivity contribution < 1.29 is 27.2 Å². The molecule has 0 unspecified atom stereocenters. The lowest BCUT2D eigenvalue weighted by atomic mass is 9.99. The van der Waals surface area contributed by atoms with Gasteiger partial charge in [0.2, 0.25) is 0 Å². The van der Waals surface area contributed by atoms with Gasteiger partial charge in [-0.25, -0.2) is 4.39 Å². The maximum atomic E-state index is 14.7. The van der Waals surface area contributed by atoms with Crippen molar-refractivity contribution in [3.63, 3.8) is 0 Å². The molecule has 0 atom stereocenters. The lowest BCUT2D eigenvalue weighted by Crippen LogP contribution is -2.44. The number of carbonyl (C=O) groups excluding carboxylic acids is 2. The number of rotatable bonds is 4. The smallest absolute Gasteiger partial charge is 0.303 e. The second-order valence-corrected chi connectivity index (χ2v) is 8.71. The number of hydrogen-bond donors (Lipinski definition) is 0. The van der Waals surface area contributed by atoms with Gasteiger partial charge in [-0.05, 0) is 62.5 Å². The van der Waals surface area contributed by atoms with E-state index in [9.17, 15) is 27.2 Å². The normalized spacial score (nSPS) is 15.9. The van der Waals surface area contributed by atoms with E-state index in [1.807, 2.05) is 0 Å². The fourth-order valence-corrected chi connectivity index (χ4v) is 4.14. The molecule has 2 aromatic carbocycles. The second-order valence-electron chi connectivity index (χ2n) is 8.34. The summed E-state index contributed by atoms with van der Waals surface area (Å²) >= 11 is 5.41. The van der Waals surface area contributed by atoms with E-state index >= 15 is 0 Å². The van der Waals surface area contributed by atoms with Crippen LogP contribution < -0.4 is 9.80 Å². The van der Waals surface area contributed by atoms with Gasteiger partial charge in [0.1, 0.15) is 11.4 Å². The highest BCUT2D eigenvalue weighted by molar-refractivity contribution is 7.81. The Hall–Kier alpha value is -3.32. The van der Waals surface area contributed by atoms with Crippen LogP contribution in [0.5, 0.6) is 0 Å². The van der Waals surface area contributed by atoms with Crippen LogP contribution in [0.2, 0.25) is 0 Å². The zero-order valence-corrected chi connectivity index (χ0v) is 18.9. The van der Waals surface area contributed by atoms with Crippen molar-refractivity contribution >= 4 is 40.4 Å². The van der Waals surface area contributed by atoms with Gasteiger partial charge < -0.3 is 4.90 Å². The summed E-state index contributed by atoms with van der Waals surface area (Å²) in [5.74, 6) is -2.25. The third-order valence-corrected chi connectivity index (χ3v) is 5.72. The van der Waals surface area contributed by atoms with E-state index in [0.29, 0.717) is 6.07 Å². The van der Waals surface area contributed by atoms with Gasteiger partial charge in [-0.15, -0.1) is 0 Å². The van der Waals surface area contributed by atoms with Gasteiger partial charge >= 0.3 is 6.18 Å². The van der Waals surface area contributed by atoms with E-state index in [1.165, 1.54) is 43.0 Å². The van der Waals surface area contributed by atoms with Crippen LogP contribution >= 0.6 is 12.2 Å². The van der Waals surface area contributed by atoms with Crippen molar-refractivity contribution in [1.29, 1.82) is 5.26 Å². The largest absolute Gasteiger partial charge is 0.417 e. The molecular formula is C23H19F4N3O2S. The van der Waals surface area contributed by atoms with E-state index in [4.69, 9.17) is 17.5 Å². The molecule has 1 aliphatic rings. The van der Waals surface area contributed by atoms with Crippen molar-refractivity contribution in [2.45, 2.75) is 39.4 Å². The number of halogens is 4. The van der Waals surface area contributed by atoms with Crippen LogP contribution in [0.15, 0.2) is 36.4 Å². The number of alkyl halides is 3. The van der Waals surface area contributed by atoms with Gasteiger partial charge in [-0.3, -0.25) is 14.5 Å². The Kier molecular flexibility index (Phi) is 6.06. The number of nitriles is 1.